The smallest absolute Gasteiger partial charge is 0.339 e. The first-order valence-electron chi connectivity index (χ1n) is 12.1. The molecule has 37 heavy (non-hydrogen) atoms. The van der Waals surface area contributed by atoms with Gasteiger partial charge in [0.05, 0.1) is 24.1 Å². The van der Waals surface area contributed by atoms with E-state index < -0.39 is 23.6 Å². The molecular formula is C30H34ClNO5. The molecule has 0 saturated carbocycles. The molecule has 0 aliphatic rings. The van der Waals surface area contributed by atoms with Crippen molar-refractivity contribution in [3.05, 3.63) is 75.4 Å². The number of benzene rings is 2. The van der Waals surface area contributed by atoms with E-state index in [1.165, 1.54) is 19.6 Å². The second kappa shape index (κ2) is 11.4. The van der Waals surface area contributed by atoms with Crippen LogP contribution in [0.25, 0.3) is 22.4 Å². The summed E-state index contributed by atoms with van der Waals surface area (Å²) in [7, 11) is 1.32. The van der Waals surface area contributed by atoms with Crippen molar-refractivity contribution in [2.45, 2.75) is 66.8 Å². The number of nitrogens with zero attached hydrogens (tertiary/aromatic N) is 1. The molecular weight excluding hydrogens is 490 g/mol. The zero-order valence-corrected chi connectivity index (χ0v) is 23.4. The number of carbonyl (C=O) groups is 2. The lowest BCUT2D eigenvalue weighted by Crippen LogP contribution is -2.30. The van der Waals surface area contributed by atoms with Gasteiger partial charge in [0.25, 0.3) is 0 Å². The Balaban J connectivity index is 2.45. The summed E-state index contributed by atoms with van der Waals surface area (Å²) in [6.07, 6.45) is -1.11. The minimum Gasteiger partial charge on any atom is -0.467 e. The maximum atomic E-state index is 13.2. The Morgan fingerprint density at radius 3 is 2.14 bits per heavy atom. The van der Waals surface area contributed by atoms with Gasteiger partial charge in [-0.1, -0.05) is 35.9 Å². The average Bonchev–Trinajstić information content (AvgIpc) is 2.83. The van der Waals surface area contributed by atoms with Gasteiger partial charge in [0.15, 0.2) is 6.10 Å². The van der Waals surface area contributed by atoms with E-state index in [1.54, 1.807) is 12.1 Å². The third-order valence-corrected chi connectivity index (χ3v) is 6.28. The van der Waals surface area contributed by atoms with Crippen molar-refractivity contribution in [2.75, 3.05) is 7.11 Å². The summed E-state index contributed by atoms with van der Waals surface area (Å²) in [4.78, 5) is 30.0. The van der Waals surface area contributed by atoms with Gasteiger partial charge in [-0.25, -0.2) is 9.78 Å². The molecule has 0 amide bonds. The van der Waals surface area contributed by atoms with Crippen molar-refractivity contribution in [3.63, 3.8) is 0 Å². The van der Waals surface area contributed by atoms with Gasteiger partial charge in [-0.2, -0.15) is 0 Å². The van der Waals surface area contributed by atoms with Gasteiger partial charge in [-0.15, -0.1) is 0 Å². The molecule has 0 N–H and O–H groups in total. The monoisotopic (exact) mass is 523 g/mol. The fourth-order valence-electron chi connectivity index (χ4n) is 4.15. The van der Waals surface area contributed by atoms with E-state index in [1.807, 2.05) is 58.9 Å². The van der Waals surface area contributed by atoms with E-state index in [0.29, 0.717) is 16.3 Å². The lowest BCUT2D eigenvalue weighted by molar-refractivity contribution is -0.164. The van der Waals surface area contributed by atoms with Crippen LogP contribution in [0.2, 0.25) is 5.02 Å². The molecule has 0 spiro atoms. The number of hydrogen-bond donors (Lipinski definition) is 0. The number of ether oxygens (including phenoxy) is 3. The maximum Gasteiger partial charge on any atom is 0.339 e. The highest BCUT2D eigenvalue weighted by atomic mass is 35.5. The summed E-state index contributed by atoms with van der Waals surface area (Å²) >= 11 is 6.21. The zero-order chi connectivity index (χ0) is 27.5. The predicted molar refractivity (Wildman–Crippen MR) is 145 cm³/mol. The first kappa shape index (κ1) is 28.4. The highest BCUT2D eigenvalue weighted by Crippen LogP contribution is 2.41. The van der Waals surface area contributed by atoms with Crippen LogP contribution >= 0.6 is 11.6 Å². The number of esters is 2. The van der Waals surface area contributed by atoms with Crippen molar-refractivity contribution >= 4 is 23.5 Å². The van der Waals surface area contributed by atoms with Gasteiger partial charge in [0.2, 0.25) is 0 Å². The zero-order valence-electron chi connectivity index (χ0n) is 22.7. The van der Waals surface area contributed by atoms with Gasteiger partial charge in [-0.05, 0) is 87.6 Å². The molecule has 3 rings (SSSR count). The summed E-state index contributed by atoms with van der Waals surface area (Å²) in [5.41, 5.74) is 6.57. The highest BCUT2D eigenvalue weighted by molar-refractivity contribution is 6.30. The third kappa shape index (κ3) is 6.76. The van der Waals surface area contributed by atoms with Gasteiger partial charge >= 0.3 is 11.9 Å². The molecule has 3 aromatic rings. The Kier molecular flexibility index (Phi) is 8.77. The Morgan fingerprint density at radius 1 is 0.973 bits per heavy atom. The van der Waals surface area contributed by atoms with Crippen molar-refractivity contribution in [1.82, 2.24) is 4.98 Å². The molecule has 0 unspecified atom stereocenters. The van der Waals surface area contributed by atoms with Crippen molar-refractivity contribution < 1.29 is 23.8 Å². The van der Waals surface area contributed by atoms with Crippen molar-refractivity contribution in [1.29, 1.82) is 0 Å². The number of pyridine rings is 1. The predicted octanol–water partition coefficient (Wildman–Crippen LogP) is 7.09. The molecule has 6 nitrogen and oxygen atoms in total. The normalized spacial score (nSPS) is 12.2. The van der Waals surface area contributed by atoms with E-state index in [2.05, 4.69) is 13.0 Å². The van der Waals surface area contributed by atoms with Crippen LogP contribution in [0.5, 0.6) is 0 Å². The van der Waals surface area contributed by atoms with Gasteiger partial charge in [0, 0.05) is 23.1 Å². The molecule has 1 heterocycles. The summed E-state index contributed by atoms with van der Waals surface area (Å²) < 4.78 is 16.8. The molecule has 7 heteroatoms. The molecule has 0 bridgehead atoms. The second-order valence-electron chi connectivity index (χ2n) is 10.0. The van der Waals surface area contributed by atoms with Crippen LogP contribution in [0.1, 0.15) is 61.7 Å². The number of aromatic nitrogens is 1. The molecule has 0 aliphatic carbocycles. The standard InChI is InChI=1S/C30H34ClNO5/c1-17-9-10-22(15-18(17)2)27-19(3)25(21-11-13-23(31)14-12-21)26(24(32-27)16-36-20(4)33)28(29(34)35-8)37-30(5,6)7/h9-15,28H,16H2,1-8H3/t28-/m0/s1. The number of halogens is 1. The highest BCUT2D eigenvalue weighted by Gasteiger charge is 2.35. The second-order valence-corrected chi connectivity index (χ2v) is 10.5. The number of aryl methyl sites for hydroxylation is 2. The van der Waals surface area contributed by atoms with Crippen LogP contribution in [0, 0.1) is 20.8 Å². The summed E-state index contributed by atoms with van der Waals surface area (Å²) in [5.74, 6) is -1.03. The van der Waals surface area contributed by atoms with E-state index in [0.717, 1.165) is 33.5 Å². The Labute approximate surface area is 223 Å². The molecule has 1 atom stereocenters. The first-order valence-corrected chi connectivity index (χ1v) is 12.5. The summed E-state index contributed by atoms with van der Waals surface area (Å²) in [6, 6.07) is 13.5. The third-order valence-electron chi connectivity index (χ3n) is 6.03. The largest absolute Gasteiger partial charge is 0.467 e. The minimum absolute atomic E-state index is 0.135. The lowest BCUT2D eigenvalue weighted by atomic mass is 9.88. The van der Waals surface area contributed by atoms with Crippen LogP contribution in [-0.2, 0) is 30.4 Å². The fraction of sp³-hybridized carbons (Fsp3) is 0.367. The van der Waals surface area contributed by atoms with Crippen LogP contribution < -0.4 is 0 Å². The number of hydrogen-bond acceptors (Lipinski definition) is 6. The molecule has 0 aliphatic heterocycles. The van der Waals surface area contributed by atoms with Crippen LogP contribution in [-0.4, -0.2) is 29.6 Å². The number of carbonyl (C=O) groups excluding carboxylic acids is 2. The van der Waals surface area contributed by atoms with Crippen molar-refractivity contribution in [2.24, 2.45) is 0 Å². The molecule has 0 radical (unpaired) electrons. The minimum atomic E-state index is -1.11. The van der Waals surface area contributed by atoms with Crippen molar-refractivity contribution in [3.8, 4) is 22.4 Å². The SMILES string of the molecule is COC(=O)[C@@H](OC(C)(C)C)c1c(COC(C)=O)nc(-c2ccc(C)c(C)c2)c(C)c1-c1ccc(Cl)cc1. The van der Waals surface area contributed by atoms with E-state index in [-0.39, 0.29) is 6.61 Å². The van der Waals surface area contributed by atoms with Crippen LogP contribution in [0.3, 0.4) is 0 Å². The van der Waals surface area contributed by atoms with Gasteiger partial charge < -0.3 is 14.2 Å². The molecule has 2 aromatic carbocycles. The maximum absolute atomic E-state index is 13.2. The Morgan fingerprint density at radius 2 is 1.59 bits per heavy atom. The first-order chi connectivity index (χ1) is 17.3. The number of methoxy groups -OCH3 is 1. The Hall–Kier alpha value is -3.22. The van der Waals surface area contributed by atoms with Gasteiger partial charge in [0.1, 0.15) is 6.61 Å². The Bertz CT molecular complexity index is 1310. The van der Waals surface area contributed by atoms with Crippen LogP contribution in [0.15, 0.2) is 42.5 Å². The lowest BCUT2D eigenvalue weighted by Gasteiger charge is -2.30. The molecule has 0 saturated heterocycles. The topological polar surface area (TPSA) is 74.7 Å². The number of rotatable bonds is 7. The average molecular weight is 524 g/mol. The molecule has 1 aromatic heterocycles. The quantitative estimate of drug-likeness (QED) is 0.308. The van der Waals surface area contributed by atoms with E-state index >= 15 is 0 Å². The molecule has 196 valence electrons. The van der Waals surface area contributed by atoms with E-state index in [4.69, 9.17) is 30.8 Å². The summed E-state index contributed by atoms with van der Waals surface area (Å²) in [6.45, 7) is 12.9. The van der Waals surface area contributed by atoms with Gasteiger partial charge in [-0.3, -0.25) is 4.79 Å². The molecule has 0 fully saturated rings. The van der Waals surface area contributed by atoms with Crippen LogP contribution in [0.4, 0.5) is 0 Å². The fourth-order valence-corrected chi connectivity index (χ4v) is 4.28. The summed E-state index contributed by atoms with van der Waals surface area (Å²) in [5, 5.41) is 0.585. The van der Waals surface area contributed by atoms with E-state index in [9.17, 15) is 9.59 Å².